The molecule has 5 heteroatoms. The highest BCUT2D eigenvalue weighted by atomic mass is 15.3. The van der Waals surface area contributed by atoms with Crippen LogP contribution in [0.5, 0.6) is 0 Å². The highest BCUT2D eigenvalue weighted by Crippen LogP contribution is 2.18. The molecule has 2 rings (SSSR count). The number of likely N-dealkylation sites (N-methyl/N-ethyl adjacent to an activating group) is 1. The maximum atomic E-state index is 4.51. The topological polar surface area (TPSA) is 44.3 Å². The number of hydrogen-bond acceptors (Lipinski definition) is 5. The minimum Gasteiger partial charge on any atom is -0.339 e. The number of rotatable bonds is 4. The quantitative estimate of drug-likeness (QED) is 0.903. The predicted molar refractivity (Wildman–Crippen MR) is 82.9 cm³/mol. The first kappa shape index (κ1) is 15.2. The second-order valence-electron chi connectivity index (χ2n) is 6.85. The monoisotopic (exact) mass is 277 g/mol. The van der Waals surface area contributed by atoms with Crippen LogP contribution in [0.1, 0.15) is 32.8 Å². The minimum atomic E-state index is 0.118. The summed E-state index contributed by atoms with van der Waals surface area (Å²) >= 11 is 0. The van der Waals surface area contributed by atoms with Crippen LogP contribution in [0.4, 0.5) is 5.95 Å². The Hall–Kier alpha value is -1.20. The van der Waals surface area contributed by atoms with Gasteiger partial charge in [-0.15, -0.1) is 0 Å². The van der Waals surface area contributed by atoms with E-state index in [0.29, 0.717) is 6.04 Å². The molecule has 1 aliphatic rings. The third-order valence-electron chi connectivity index (χ3n) is 3.69. The lowest BCUT2D eigenvalue weighted by molar-refractivity contribution is 0.315. The minimum absolute atomic E-state index is 0.118. The second kappa shape index (κ2) is 6.06. The van der Waals surface area contributed by atoms with Crippen LogP contribution in [0.2, 0.25) is 0 Å². The Morgan fingerprint density at radius 2 is 1.95 bits per heavy atom. The van der Waals surface area contributed by atoms with Gasteiger partial charge in [0.15, 0.2) is 0 Å². The van der Waals surface area contributed by atoms with Crippen LogP contribution in [0.3, 0.4) is 0 Å². The van der Waals surface area contributed by atoms with Crippen molar-refractivity contribution in [3.63, 3.8) is 0 Å². The lowest BCUT2D eigenvalue weighted by atomic mass is 10.1. The van der Waals surface area contributed by atoms with Crippen molar-refractivity contribution in [2.45, 2.75) is 45.3 Å². The molecule has 0 spiro atoms. The highest BCUT2D eigenvalue weighted by molar-refractivity contribution is 5.32. The second-order valence-corrected chi connectivity index (χ2v) is 6.85. The van der Waals surface area contributed by atoms with E-state index in [2.05, 4.69) is 60.0 Å². The molecule has 1 N–H and O–H groups in total. The fourth-order valence-electron chi connectivity index (χ4n) is 2.31. The van der Waals surface area contributed by atoms with Gasteiger partial charge in [0, 0.05) is 49.2 Å². The molecule has 0 bridgehead atoms. The van der Waals surface area contributed by atoms with Gasteiger partial charge in [-0.05, 0) is 41.3 Å². The first-order valence-electron chi connectivity index (χ1n) is 7.32. The average molecular weight is 277 g/mol. The van der Waals surface area contributed by atoms with Crippen molar-refractivity contribution < 1.29 is 0 Å². The van der Waals surface area contributed by atoms with Gasteiger partial charge >= 0.3 is 0 Å². The van der Waals surface area contributed by atoms with Gasteiger partial charge in [-0.2, -0.15) is 0 Å². The molecule has 5 nitrogen and oxygen atoms in total. The predicted octanol–water partition coefficient (Wildman–Crippen LogP) is 1.50. The molecule has 0 amide bonds. The van der Waals surface area contributed by atoms with Crippen molar-refractivity contribution in [2.75, 3.05) is 32.1 Å². The summed E-state index contributed by atoms with van der Waals surface area (Å²) in [6, 6.07) is 0.612. The number of aromatic nitrogens is 2. The van der Waals surface area contributed by atoms with E-state index in [0.717, 1.165) is 31.1 Å². The molecule has 1 fully saturated rings. The Balaban J connectivity index is 1.92. The van der Waals surface area contributed by atoms with Crippen molar-refractivity contribution in [2.24, 2.45) is 0 Å². The summed E-state index contributed by atoms with van der Waals surface area (Å²) in [5.74, 6) is 0.855. The fraction of sp³-hybridized carbons (Fsp3) is 0.733. The fourth-order valence-corrected chi connectivity index (χ4v) is 2.31. The third-order valence-corrected chi connectivity index (χ3v) is 3.69. The van der Waals surface area contributed by atoms with E-state index in [4.69, 9.17) is 0 Å². The zero-order valence-corrected chi connectivity index (χ0v) is 13.3. The van der Waals surface area contributed by atoms with E-state index in [9.17, 15) is 0 Å². The van der Waals surface area contributed by atoms with Crippen LogP contribution in [-0.4, -0.2) is 53.6 Å². The van der Waals surface area contributed by atoms with Gasteiger partial charge in [-0.3, -0.25) is 0 Å². The highest BCUT2D eigenvalue weighted by Gasteiger charge is 2.25. The van der Waals surface area contributed by atoms with E-state index in [1.165, 1.54) is 6.42 Å². The summed E-state index contributed by atoms with van der Waals surface area (Å²) in [7, 11) is 4.27. The van der Waals surface area contributed by atoms with Gasteiger partial charge < -0.3 is 15.1 Å². The van der Waals surface area contributed by atoms with Crippen LogP contribution in [0.25, 0.3) is 0 Å². The van der Waals surface area contributed by atoms with E-state index in [1.807, 2.05) is 12.4 Å². The Labute approximate surface area is 122 Å². The van der Waals surface area contributed by atoms with E-state index >= 15 is 0 Å². The molecule has 112 valence electrons. The Bertz CT molecular complexity index is 421. The van der Waals surface area contributed by atoms with Crippen molar-refractivity contribution in [3.05, 3.63) is 18.0 Å². The molecule has 1 saturated heterocycles. The summed E-state index contributed by atoms with van der Waals surface area (Å²) in [6.45, 7) is 9.36. The van der Waals surface area contributed by atoms with Crippen LogP contribution in [0, 0.1) is 0 Å². The molecule has 2 heterocycles. The first-order valence-corrected chi connectivity index (χ1v) is 7.32. The maximum absolute atomic E-state index is 4.51. The first-order chi connectivity index (χ1) is 9.35. The normalized spacial score (nSPS) is 19.9. The summed E-state index contributed by atoms with van der Waals surface area (Å²) < 4.78 is 0. The van der Waals surface area contributed by atoms with Gasteiger partial charge in [-0.25, -0.2) is 9.97 Å². The maximum Gasteiger partial charge on any atom is 0.225 e. The van der Waals surface area contributed by atoms with E-state index in [1.54, 1.807) is 0 Å². The van der Waals surface area contributed by atoms with Gasteiger partial charge in [0.2, 0.25) is 5.95 Å². The molecule has 1 aromatic heterocycles. The number of nitrogens with one attached hydrogen (secondary N) is 1. The summed E-state index contributed by atoms with van der Waals surface area (Å²) in [6.07, 6.45) is 5.05. The zero-order chi connectivity index (χ0) is 14.8. The number of anilines is 1. The van der Waals surface area contributed by atoms with Crippen molar-refractivity contribution >= 4 is 5.95 Å². The summed E-state index contributed by atoms with van der Waals surface area (Å²) in [5, 5.41) is 3.45. The van der Waals surface area contributed by atoms with Crippen molar-refractivity contribution in [3.8, 4) is 0 Å². The molecule has 1 unspecified atom stereocenters. The number of hydrogen-bond donors (Lipinski definition) is 1. The molecular formula is C15H27N5. The lowest BCUT2D eigenvalue weighted by Gasteiger charge is -2.21. The molecular weight excluding hydrogens is 250 g/mol. The van der Waals surface area contributed by atoms with Crippen LogP contribution >= 0.6 is 0 Å². The molecule has 1 aliphatic heterocycles. The van der Waals surface area contributed by atoms with Crippen LogP contribution in [-0.2, 0) is 6.54 Å². The lowest BCUT2D eigenvalue weighted by Crippen LogP contribution is -2.35. The Morgan fingerprint density at radius 1 is 1.30 bits per heavy atom. The van der Waals surface area contributed by atoms with Gasteiger partial charge in [-0.1, -0.05) is 0 Å². The SMILES string of the molecule is CN(C)C1CCN(c2ncc(CNC(C)(C)C)cn2)C1. The molecule has 0 aromatic carbocycles. The van der Waals surface area contributed by atoms with Gasteiger partial charge in [0.1, 0.15) is 0 Å². The van der Waals surface area contributed by atoms with Crippen LogP contribution in [0.15, 0.2) is 12.4 Å². The Kier molecular flexibility index (Phi) is 4.60. The molecule has 0 saturated carbocycles. The zero-order valence-electron chi connectivity index (χ0n) is 13.3. The Morgan fingerprint density at radius 3 is 2.45 bits per heavy atom. The molecule has 20 heavy (non-hydrogen) atoms. The molecule has 1 atom stereocenters. The van der Waals surface area contributed by atoms with E-state index in [-0.39, 0.29) is 5.54 Å². The van der Waals surface area contributed by atoms with Gasteiger partial charge in [0.05, 0.1) is 0 Å². The smallest absolute Gasteiger partial charge is 0.225 e. The summed E-state index contributed by atoms with van der Waals surface area (Å²) in [4.78, 5) is 13.6. The van der Waals surface area contributed by atoms with Crippen molar-refractivity contribution in [1.82, 2.24) is 20.2 Å². The molecule has 0 aliphatic carbocycles. The van der Waals surface area contributed by atoms with E-state index < -0.39 is 0 Å². The average Bonchev–Trinajstić information content (AvgIpc) is 2.86. The summed E-state index contributed by atoms with van der Waals surface area (Å²) in [5.41, 5.74) is 1.25. The number of nitrogens with zero attached hydrogens (tertiary/aromatic N) is 4. The molecule has 0 radical (unpaired) electrons. The van der Waals surface area contributed by atoms with Crippen molar-refractivity contribution in [1.29, 1.82) is 0 Å². The van der Waals surface area contributed by atoms with Crippen LogP contribution < -0.4 is 10.2 Å². The van der Waals surface area contributed by atoms with Gasteiger partial charge in [0.25, 0.3) is 0 Å². The molecule has 1 aromatic rings. The third kappa shape index (κ3) is 4.15. The standard InChI is InChI=1S/C15H27N5/c1-15(2,3)18-10-12-8-16-14(17-9-12)20-7-6-13(11-20)19(4)5/h8-9,13,18H,6-7,10-11H2,1-5H3. The largest absolute Gasteiger partial charge is 0.339 e.